The van der Waals surface area contributed by atoms with Crippen LogP contribution in [0, 0.1) is 13.8 Å². The van der Waals surface area contributed by atoms with Gasteiger partial charge in [0.25, 0.3) is 0 Å². The zero-order valence-corrected chi connectivity index (χ0v) is 12.3. The third kappa shape index (κ3) is 5.06. The zero-order chi connectivity index (χ0) is 16.0. The van der Waals surface area contributed by atoms with E-state index in [2.05, 4.69) is 9.97 Å². The standard InChI is InChI=1S/C13H11F3N2O.C2H6/c1-8-5-9(2)18-12(6-8)19-10-3-4-11(17-7-10)13(14,15)16;1-2/h3-7H,1-2H3;1-2H3. The highest BCUT2D eigenvalue weighted by Gasteiger charge is 2.32. The molecule has 0 fully saturated rings. The molecule has 2 heterocycles. The lowest BCUT2D eigenvalue weighted by Crippen LogP contribution is -2.07. The zero-order valence-electron chi connectivity index (χ0n) is 12.3. The first-order chi connectivity index (χ1) is 9.84. The molecule has 2 aromatic rings. The Balaban J connectivity index is 0.00000106. The van der Waals surface area contributed by atoms with Gasteiger partial charge in [0.15, 0.2) is 0 Å². The van der Waals surface area contributed by atoms with Gasteiger partial charge in [0.2, 0.25) is 5.88 Å². The number of nitrogens with zero attached hydrogens (tertiary/aromatic N) is 2. The SMILES string of the molecule is CC.Cc1cc(C)nc(Oc2ccc(C(F)(F)F)nc2)c1. The van der Waals surface area contributed by atoms with Gasteiger partial charge in [-0.25, -0.2) is 9.97 Å². The first-order valence-corrected chi connectivity index (χ1v) is 6.51. The number of halogens is 3. The van der Waals surface area contributed by atoms with E-state index >= 15 is 0 Å². The lowest BCUT2D eigenvalue weighted by molar-refractivity contribution is -0.141. The third-order valence-corrected chi connectivity index (χ3v) is 2.32. The summed E-state index contributed by atoms with van der Waals surface area (Å²) in [6.45, 7) is 7.69. The Labute approximate surface area is 121 Å². The van der Waals surface area contributed by atoms with E-state index in [0.29, 0.717) is 5.88 Å². The highest BCUT2D eigenvalue weighted by molar-refractivity contribution is 5.29. The van der Waals surface area contributed by atoms with Crippen molar-refractivity contribution in [1.82, 2.24) is 9.97 Å². The summed E-state index contributed by atoms with van der Waals surface area (Å²) in [4.78, 5) is 7.44. The van der Waals surface area contributed by atoms with Crippen LogP contribution in [-0.2, 0) is 6.18 Å². The Kier molecular flexibility index (Phi) is 5.69. The smallest absolute Gasteiger partial charge is 0.433 e. The van der Waals surface area contributed by atoms with Crippen LogP contribution in [0.5, 0.6) is 11.6 Å². The molecule has 6 heteroatoms. The summed E-state index contributed by atoms with van der Waals surface area (Å²) in [6.07, 6.45) is -3.42. The molecule has 0 radical (unpaired) electrons. The van der Waals surface area contributed by atoms with Crippen molar-refractivity contribution in [2.45, 2.75) is 33.9 Å². The largest absolute Gasteiger partial charge is 0.437 e. The molecule has 0 aliphatic carbocycles. The summed E-state index contributed by atoms with van der Waals surface area (Å²) in [5.74, 6) is 0.546. The Morgan fingerprint density at radius 2 is 1.71 bits per heavy atom. The predicted octanol–water partition coefficient (Wildman–Crippen LogP) is 4.93. The number of ether oxygens (including phenoxy) is 1. The summed E-state index contributed by atoms with van der Waals surface area (Å²) in [7, 11) is 0. The normalized spacial score (nSPS) is 10.6. The van der Waals surface area contributed by atoms with E-state index < -0.39 is 11.9 Å². The first-order valence-electron chi connectivity index (χ1n) is 6.51. The quantitative estimate of drug-likeness (QED) is 0.788. The van der Waals surface area contributed by atoms with Crippen molar-refractivity contribution in [2.75, 3.05) is 0 Å². The van der Waals surface area contributed by atoms with Gasteiger partial charge in [-0.15, -0.1) is 0 Å². The van der Waals surface area contributed by atoms with Crippen molar-refractivity contribution in [2.24, 2.45) is 0 Å². The van der Waals surface area contributed by atoms with Gasteiger partial charge >= 0.3 is 6.18 Å². The van der Waals surface area contributed by atoms with Gasteiger partial charge in [-0.3, -0.25) is 0 Å². The highest BCUT2D eigenvalue weighted by atomic mass is 19.4. The van der Waals surface area contributed by atoms with E-state index in [0.717, 1.165) is 23.5 Å². The third-order valence-electron chi connectivity index (χ3n) is 2.32. The second-order valence-corrected chi connectivity index (χ2v) is 4.10. The maximum absolute atomic E-state index is 12.3. The molecule has 0 saturated carbocycles. The molecule has 0 N–H and O–H groups in total. The van der Waals surface area contributed by atoms with E-state index in [1.54, 1.807) is 6.07 Å². The van der Waals surface area contributed by atoms with Gasteiger partial charge in [0, 0.05) is 11.8 Å². The molecule has 0 atom stereocenters. The first kappa shape index (κ1) is 16.9. The van der Waals surface area contributed by atoms with Gasteiger partial charge < -0.3 is 4.74 Å². The fourth-order valence-corrected chi connectivity index (χ4v) is 1.59. The monoisotopic (exact) mass is 298 g/mol. The number of hydrogen-bond donors (Lipinski definition) is 0. The van der Waals surface area contributed by atoms with E-state index in [1.165, 1.54) is 6.07 Å². The van der Waals surface area contributed by atoms with Gasteiger partial charge in [-0.2, -0.15) is 13.2 Å². The van der Waals surface area contributed by atoms with E-state index in [4.69, 9.17) is 4.74 Å². The summed E-state index contributed by atoms with van der Waals surface area (Å²) >= 11 is 0. The number of alkyl halides is 3. The lowest BCUT2D eigenvalue weighted by atomic mass is 10.2. The molecule has 0 bridgehead atoms. The van der Waals surface area contributed by atoms with E-state index in [9.17, 15) is 13.2 Å². The van der Waals surface area contributed by atoms with Crippen molar-refractivity contribution in [3.05, 3.63) is 47.4 Å². The van der Waals surface area contributed by atoms with Gasteiger partial charge in [0.05, 0.1) is 6.20 Å². The van der Waals surface area contributed by atoms with E-state index in [1.807, 2.05) is 33.8 Å². The molecule has 0 amide bonds. The molecule has 21 heavy (non-hydrogen) atoms. The van der Waals surface area contributed by atoms with Crippen LogP contribution in [0.3, 0.4) is 0 Å². The molecule has 0 saturated heterocycles. The highest BCUT2D eigenvalue weighted by Crippen LogP contribution is 2.29. The number of aromatic nitrogens is 2. The Morgan fingerprint density at radius 3 is 2.19 bits per heavy atom. The maximum Gasteiger partial charge on any atom is 0.433 e. The molecule has 2 aromatic heterocycles. The van der Waals surface area contributed by atoms with Crippen LogP contribution in [0.1, 0.15) is 30.8 Å². The van der Waals surface area contributed by atoms with Crippen LogP contribution in [0.2, 0.25) is 0 Å². The van der Waals surface area contributed by atoms with Crippen LogP contribution in [-0.4, -0.2) is 9.97 Å². The van der Waals surface area contributed by atoms with Gasteiger partial charge in [-0.05, 0) is 37.6 Å². The van der Waals surface area contributed by atoms with E-state index in [-0.39, 0.29) is 5.75 Å². The van der Waals surface area contributed by atoms with Crippen molar-refractivity contribution >= 4 is 0 Å². The Hall–Kier alpha value is -2.11. The molecule has 0 aromatic carbocycles. The molecule has 3 nitrogen and oxygen atoms in total. The Bertz CT molecular complexity index is 560. The molecule has 114 valence electrons. The Morgan fingerprint density at radius 1 is 1.05 bits per heavy atom. The molecule has 0 aliphatic heterocycles. The predicted molar refractivity (Wildman–Crippen MR) is 74.4 cm³/mol. The number of hydrogen-bond acceptors (Lipinski definition) is 3. The summed E-state index contributed by atoms with van der Waals surface area (Å²) in [5.41, 5.74) is 0.783. The van der Waals surface area contributed by atoms with Crippen molar-refractivity contribution in [3.8, 4) is 11.6 Å². The van der Waals surface area contributed by atoms with Crippen LogP contribution < -0.4 is 4.74 Å². The molecule has 0 aliphatic rings. The minimum Gasteiger partial charge on any atom is -0.437 e. The molecular formula is C15H17F3N2O. The second-order valence-electron chi connectivity index (χ2n) is 4.10. The van der Waals surface area contributed by atoms with Gasteiger partial charge in [-0.1, -0.05) is 13.8 Å². The number of rotatable bonds is 2. The van der Waals surface area contributed by atoms with Crippen LogP contribution in [0.4, 0.5) is 13.2 Å². The minimum atomic E-state index is -4.45. The van der Waals surface area contributed by atoms with Crippen molar-refractivity contribution in [1.29, 1.82) is 0 Å². The summed E-state index contributed by atoms with van der Waals surface area (Å²) in [6, 6.07) is 5.66. The maximum atomic E-state index is 12.3. The second kappa shape index (κ2) is 7.06. The van der Waals surface area contributed by atoms with Crippen LogP contribution in [0.15, 0.2) is 30.5 Å². The van der Waals surface area contributed by atoms with Crippen molar-refractivity contribution < 1.29 is 17.9 Å². The average molecular weight is 298 g/mol. The number of pyridine rings is 2. The molecule has 0 spiro atoms. The lowest BCUT2D eigenvalue weighted by Gasteiger charge is -2.08. The van der Waals surface area contributed by atoms with Gasteiger partial charge in [0.1, 0.15) is 11.4 Å². The molecule has 0 unspecified atom stereocenters. The fourth-order valence-electron chi connectivity index (χ4n) is 1.59. The van der Waals surface area contributed by atoms with Crippen LogP contribution >= 0.6 is 0 Å². The minimum absolute atomic E-state index is 0.213. The molecular weight excluding hydrogens is 281 g/mol. The topological polar surface area (TPSA) is 35.0 Å². The molecule has 2 rings (SSSR count). The fraction of sp³-hybridized carbons (Fsp3) is 0.333. The summed E-state index contributed by atoms with van der Waals surface area (Å²) < 4.78 is 42.4. The van der Waals surface area contributed by atoms with Crippen molar-refractivity contribution in [3.63, 3.8) is 0 Å². The number of aryl methyl sites for hydroxylation is 2. The average Bonchev–Trinajstić information content (AvgIpc) is 2.39. The summed E-state index contributed by atoms with van der Waals surface area (Å²) in [5, 5.41) is 0. The van der Waals surface area contributed by atoms with Crippen LogP contribution in [0.25, 0.3) is 0 Å².